The van der Waals surface area contributed by atoms with E-state index >= 15 is 0 Å². The van der Waals surface area contributed by atoms with Gasteiger partial charge in [-0.1, -0.05) is 168 Å². The highest BCUT2D eigenvalue weighted by atomic mass is 35.5. The van der Waals surface area contributed by atoms with Crippen molar-refractivity contribution in [3.63, 3.8) is 0 Å². The van der Waals surface area contributed by atoms with Gasteiger partial charge in [0.1, 0.15) is 19.8 Å². The smallest absolute Gasteiger partial charge is 0.169 e. The fourth-order valence-corrected chi connectivity index (χ4v) is 7.30. The summed E-state index contributed by atoms with van der Waals surface area (Å²) in [5, 5.41) is 0. The molecule has 4 nitrogen and oxygen atoms in total. The van der Waals surface area contributed by atoms with Gasteiger partial charge in [-0.15, -0.1) is 0 Å². The minimum atomic E-state index is -0.147. The number of likely N-dealkylation sites (N-methyl/N-ethyl adjacent to an activating group) is 1. The van der Waals surface area contributed by atoms with Gasteiger partial charge < -0.3 is 31.1 Å². The van der Waals surface area contributed by atoms with Crippen LogP contribution in [0.25, 0.3) is 0 Å². The van der Waals surface area contributed by atoms with E-state index in [9.17, 15) is 0 Å². The maximum absolute atomic E-state index is 5.83. The predicted octanol–water partition coefficient (Wildman–Crippen LogP) is 9.08. The Balaban J connectivity index is 0. The van der Waals surface area contributed by atoms with Crippen LogP contribution in [0.15, 0.2) is 0 Å². The van der Waals surface area contributed by atoms with Crippen LogP contribution < -0.4 is 12.4 Å². The van der Waals surface area contributed by atoms with E-state index in [-0.39, 0.29) is 17.9 Å². The van der Waals surface area contributed by atoms with E-state index in [0.29, 0.717) is 19.8 Å². The Morgan fingerprint density at radius 3 is 0.756 bits per heavy atom. The summed E-state index contributed by atoms with van der Waals surface area (Å²) in [6, 6.07) is 0. The molecule has 0 aromatic heterocycles. The lowest BCUT2D eigenvalue weighted by Gasteiger charge is -2.50. The van der Waals surface area contributed by atoms with E-state index in [0.717, 1.165) is 4.48 Å². The van der Waals surface area contributed by atoms with Crippen molar-refractivity contribution in [3.05, 3.63) is 0 Å². The molecule has 0 aromatic rings. The fraction of sp³-hybridized carbons (Fsp3) is 1.00. The number of ether oxygens (including phenoxy) is 3. The van der Waals surface area contributed by atoms with Gasteiger partial charge in [0.25, 0.3) is 0 Å². The summed E-state index contributed by atoms with van der Waals surface area (Å²) in [5.41, 5.74) is -0.147. The third kappa shape index (κ3) is 25.8. The Kier molecular flexibility index (Phi) is 37.2. The Morgan fingerprint density at radius 2 is 0.556 bits per heavy atom. The molecule has 0 atom stereocenters. The van der Waals surface area contributed by atoms with Gasteiger partial charge in [0.15, 0.2) is 5.54 Å². The molecule has 0 amide bonds. The predicted molar refractivity (Wildman–Crippen MR) is 195 cm³/mol. The number of quaternary nitrogens is 1. The Labute approximate surface area is 290 Å². The van der Waals surface area contributed by atoms with Crippen LogP contribution in [0.3, 0.4) is 0 Å². The lowest BCUT2D eigenvalue weighted by molar-refractivity contribution is -0.961. The monoisotopic (exact) mass is 662 g/mol. The molecule has 0 saturated carbocycles. The average Bonchev–Trinajstić information content (AvgIpc) is 3.01. The van der Waals surface area contributed by atoms with Crippen LogP contribution in [0.1, 0.15) is 194 Å². The van der Waals surface area contributed by atoms with Crippen molar-refractivity contribution in [2.24, 2.45) is 0 Å². The summed E-state index contributed by atoms with van der Waals surface area (Å²) in [4.78, 5) is 0. The summed E-state index contributed by atoms with van der Waals surface area (Å²) >= 11 is 0. The highest BCUT2D eigenvalue weighted by molar-refractivity contribution is 4.82. The van der Waals surface area contributed by atoms with Crippen LogP contribution in [0.4, 0.5) is 0 Å². The lowest BCUT2D eigenvalue weighted by Crippen LogP contribution is -3.00. The van der Waals surface area contributed by atoms with Gasteiger partial charge in [-0.05, 0) is 25.7 Å². The van der Waals surface area contributed by atoms with E-state index in [1.807, 2.05) is 21.3 Å². The molecule has 45 heavy (non-hydrogen) atoms. The molecule has 0 unspecified atom stereocenters. The Morgan fingerprint density at radius 1 is 0.356 bits per heavy atom. The largest absolute Gasteiger partial charge is 1.00 e. The first-order valence-corrected chi connectivity index (χ1v) is 19.9. The summed E-state index contributed by atoms with van der Waals surface area (Å²) in [6.45, 7) is 9.03. The lowest BCUT2D eigenvalue weighted by atomic mass is 9.94. The van der Waals surface area contributed by atoms with E-state index in [4.69, 9.17) is 14.2 Å². The first-order chi connectivity index (χ1) is 21.6. The molecule has 0 N–H and O–H groups in total. The molecule has 5 heteroatoms. The van der Waals surface area contributed by atoms with Crippen LogP contribution in [-0.2, 0) is 14.2 Å². The van der Waals surface area contributed by atoms with Crippen molar-refractivity contribution in [1.82, 2.24) is 0 Å². The van der Waals surface area contributed by atoms with Gasteiger partial charge in [0, 0.05) is 21.3 Å². The molecule has 0 spiro atoms. The van der Waals surface area contributed by atoms with Crippen molar-refractivity contribution >= 4 is 0 Å². The molecular weight excluding hydrogens is 578 g/mol. The van der Waals surface area contributed by atoms with Crippen LogP contribution in [0.5, 0.6) is 0 Å². The second-order valence-electron chi connectivity index (χ2n) is 14.6. The van der Waals surface area contributed by atoms with Gasteiger partial charge >= 0.3 is 0 Å². The first kappa shape index (κ1) is 47.2. The third-order valence-electron chi connectivity index (χ3n) is 10.4. The van der Waals surface area contributed by atoms with E-state index in [1.165, 1.54) is 193 Å². The SMILES string of the molecule is CCCCCCCCCCCCCCCC[N+](C)(CCCCCCCCCCCCCCCC)C(COC)(COC)COC.[Cl-]. The van der Waals surface area contributed by atoms with Crippen LogP contribution in [0, 0.1) is 0 Å². The van der Waals surface area contributed by atoms with Crippen molar-refractivity contribution in [3.8, 4) is 0 Å². The van der Waals surface area contributed by atoms with Crippen molar-refractivity contribution in [2.45, 2.75) is 199 Å². The number of rotatable bonds is 37. The molecule has 0 bridgehead atoms. The van der Waals surface area contributed by atoms with Gasteiger partial charge in [-0.2, -0.15) is 0 Å². The standard InChI is InChI=1S/C40H84NO3.ClH/c1-7-9-11-13-15-17-19-21-23-25-27-29-31-33-35-41(3,40(37-42-4,38-43-5)39-44-6)36-34-32-30-28-26-24-22-20-18-16-14-12-10-8-2;/h7-39H2,1-6H3;1H/q+1;/p-1. The number of halogens is 1. The van der Waals surface area contributed by atoms with E-state index < -0.39 is 0 Å². The molecule has 0 aromatic carbocycles. The van der Waals surface area contributed by atoms with Crippen molar-refractivity contribution in [2.75, 3.05) is 61.3 Å². The number of unbranched alkanes of at least 4 members (excludes halogenated alkanes) is 26. The zero-order chi connectivity index (χ0) is 32.5. The van der Waals surface area contributed by atoms with Crippen LogP contribution >= 0.6 is 0 Å². The van der Waals surface area contributed by atoms with Crippen LogP contribution in [0.2, 0.25) is 0 Å². The Bertz CT molecular complexity index is 513. The quantitative estimate of drug-likeness (QED) is 0.0491. The maximum atomic E-state index is 5.83. The molecule has 0 rings (SSSR count). The van der Waals surface area contributed by atoms with Gasteiger partial charge in [-0.3, -0.25) is 0 Å². The van der Waals surface area contributed by atoms with Gasteiger partial charge in [-0.25, -0.2) is 0 Å². The molecule has 0 aliphatic heterocycles. The average molecular weight is 663 g/mol. The second kappa shape index (κ2) is 35.4. The molecular formula is C40H84ClNO3. The molecule has 0 radical (unpaired) electrons. The number of methoxy groups -OCH3 is 3. The molecule has 274 valence electrons. The highest BCUT2D eigenvalue weighted by Gasteiger charge is 2.48. The zero-order valence-electron chi connectivity index (χ0n) is 31.9. The maximum Gasteiger partial charge on any atom is 0.169 e. The molecule has 0 aliphatic carbocycles. The summed E-state index contributed by atoms with van der Waals surface area (Å²) in [5.74, 6) is 0. The minimum Gasteiger partial charge on any atom is -1.00 e. The topological polar surface area (TPSA) is 27.7 Å². The summed E-state index contributed by atoms with van der Waals surface area (Å²) in [7, 11) is 7.97. The fourth-order valence-electron chi connectivity index (χ4n) is 7.30. The van der Waals surface area contributed by atoms with Gasteiger partial charge in [0.2, 0.25) is 0 Å². The highest BCUT2D eigenvalue weighted by Crippen LogP contribution is 2.28. The third-order valence-corrected chi connectivity index (χ3v) is 10.4. The van der Waals surface area contributed by atoms with Gasteiger partial charge in [0.05, 0.1) is 20.1 Å². The zero-order valence-corrected chi connectivity index (χ0v) is 32.6. The van der Waals surface area contributed by atoms with Crippen molar-refractivity contribution in [1.29, 1.82) is 0 Å². The van der Waals surface area contributed by atoms with E-state index in [2.05, 4.69) is 20.9 Å². The summed E-state index contributed by atoms with van der Waals surface area (Å²) < 4.78 is 18.5. The van der Waals surface area contributed by atoms with Crippen molar-refractivity contribution < 1.29 is 31.1 Å². The second-order valence-corrected chi connectivity index (χ2v) is 14.6. The normalized spacial score (nSPS) is 12.1. The van der Waals surface area contributed by atoms with E-state index in [1.54, 1.807) is 0 Å². The number of hydrogen-bond acceptors (Lipinski definition) is 3. The minimum absolute atomic E-state index is 0. The number of hydrogen-bond donors (Lipinski definition) is 0. The summed E-state index contributed by atoms with van der Waals surface area (Å²) in [6.07, 6.45) is 39.4. The molecule has 0 fully saturated rings. The first-order valence-electron chi connectivity index (χ1n) is 19.9. The molecule has 0 heterocycles. The van der Waals surface area contributed by atoms with Crippen LogP contribution in [-0.4, -0.2) is 71.3 Å². The number of nitrogens with zero attached hydrogens (tertiary/aromatic N) is 1. The molecule has 0 saturated heterocycles. The molecule has 0 aliphatic rings. The Hall–Kier alpha value is 0.130.